The molecule has 0 spiro atoms. The van der Waals surface area contributed by atoms with Crippen molar-refractivity contribution in [2.75, 3.05) is 0 Å². The quantitative estimate of drug-likeness (QED) is 0.608. The van der Waals surface area contributed by atoms with Crippen molar-refractivity contribution in [1.29, 1.82) is 0 Å². The van der Waals surface area contributed by atoms with Crippen molar-refractivity contribution in [3.8, 4) is 11.3 Å². The highest BCUT2D eigenvalue weighted by Crippen LogP contribution is 2.33. The molecule has 3 heterocycles. The minimum atomic E-state index is -0.249. The molecule has 1 N–H and O–H groups in total. The normalized spacial score (nSPS) is 19.0. The van der Waals surface area contributed by atoms with Gasteiger partial charge in [-0.25, -0.2) is 0 Å². The Labute approximate surface area is 150 Å². The van der Waals surface area contributed by atoms with Crippen LogP contribution >= 0.6 is 0 Å². The van der Waals surface area contributed by atoms with Crippen molar-refractivity contribution in [1.82, 2.24) is 19.7 Å². The van der Waals surface area contributed by atoms with E-state index in [9.17, 15) is 4.79 Å². The van der Waals surface area contributed by atoms with Crippen LogP contribution in [-0.4, -0.2) is 19.7 Å². The Hall–Kier alpha value is -3.21. The molecule has 0 saturated carbocycles. The minimum absolute atomic E-state index is 0.0307. The van der Waals surface area contributed by atoms with Crippen molar-refractivity contribution in [2.24, 2.45) is 0 Å². The number of aromatic amines is 1. The van der Waals surface area contributed by atoms with Crippen LogP contribution in [0.4, 0.5) is 0 Å². The third kappa shape index (κ3) is 2.28. The molecule has 0 bridgehead atoms. The lowest BCUT2D eigenvalue weighted by molar-refractivity contribution is 0.451. The Morgan fingerprint density at radius 3 is 2.73 bits per heavy atom. The van der Waals surface area contributed by atoms with Gasteiger partial charge in [0, 0.05) is 29.6 Å². The number of pyridine rings is 1. The fraction of sp³-hybridized carbons (Fsp3) is 0.190. The van der Waals surface area contributed by atoms with Crippen molar-refractivity contribution in [3.05, 3.63) is 82.7 Å². The third-order valence-corrected chi connectivity index (χ3v) is 5.38. The summed E-state index contributed by atoms with van der Waals surface area (Å²) in [6.07, 6.45) is 2.46. The summed E-state index contributed by atoms with van der Waals surface area (Å²) < 4.78 is 2.02. The van der Waals surface area contributed by atoms with Crippen molar-refractivity contribution >= 4 is 10.8 Å². The van der Waals surface area contributed by atoms with Gasteiger partial charge in [0.1, 0.15) is 12.2 Å². The molecular weight excluding hydrogens is 324 g/mol. The first kappa shape index (κ1) is 15.1. The predicted molar refractivity (Wildman–Crippen MR) is 101 cm³/mol. The molecule has 5 heteroatoms. The number of H-pyrrole nitrogens is 1. The molecule has 1 aliphatic rings. The molecule has 2 aromatic heterocycles. The van der Waals surface area contributed by atoms with Crippen molar-refractivity contribution in [2.45, 2.75) is 25.3 Å². The van der Waals surface area contributed by atoms with E-state index in [0.717, 1.165) is 41.0 Å². The average Bonchev–Trinajstić information content (AvgIpc) is 3.20. The fourth-order valence-electron chi connectivity index (χ4n) is 3.98. The van der Waals surface area contributed by atoms with Crippen LogP contribution in [0.3, 0.4) is 0 Å². The number of benzene rings is 2. The van der Waals surface area contributed by atoms with E-state index in [4.69, 9.17) is 0 Å². The van der Waals surface area contributed by atoms with Crippen LogP contribution in [0.1, 0.15) is 18.3 Å². The Morgan fingerprint density at radius 2 is 1.92 bits per heavy atom. The second kappa shape index (κ2) is 5.39. The first-order chi connectivity index (χ1) is 12.6. The summed E-state index contributed by atoms with van der Waals surface area (Å²) in [6, 6.07) is 18.4. The van der Waals surface area contributed by atoms with Crippen LogP contribution < -0.4 is 5.56 Å². The third-order valence-electron chi connectivity index (χ3n) is 5.38. The summed E-state index contributed by atoms with van der Waals surface area (Å²) in [5, 5.41) is 10.4. The number of hydrogen-bond acceptors (Lipinski definition) is 3. The molecule has 5 rings (SSSR count). The standard InChI is InChI=1S/C21H18N4O/c1-21(11-19-24-22-13-25(19)12-21)17-8-9-18(23-20(17)26)16-7-6-14-4-2-3-5-15(14)10-16/h2-10,13H,11-12H2,1H3,(H,23,26). The lowest BCUT2D eigenvalue weighted by Crippen LogP contribution is -2.31. The first-order valence-corrected chi connectivity index (χ1v) is 8.72. The molecule has 26 heavy (non-hydrogen) atoms. The number of aromatic nitrogens is 4. The summed E-state index contributed by atoms with van der Waals surface area (Å²) in [5.41, 5.74) is 2.37. The van der Waals surface area contributed by atoms with Crippen molar-refractivity contribution < 1.29 is 0 Å². The van der Waals surface area contributed by atoms with E-state index in [-0.39, 0.29) is 11.0 Å². The zero-order valence-corrected chi connectivity index (χ0v) is 14.4. The van der Waals surface area contributed by atoms with Gasteiger partial charge in [0.15, 0.2) is 0 Å². The predicted octanol–water partition coefficient (Wildman–Crippen LogP) is 3.30. The van der Waals surface area contributed by atoms with E-state index in [1.165, 1.54) is 5.39 Å². The Balaban J connectivity index is 1.54. The lowest BCUT2D eigenvalue weighted by atomic mass is 9.82. The topological polar surface area (TPSA) is 63.6 Å². The number of fused-ring (bicyclic) bond motifs is 2. The van der Waals surface area contributed by atoms with Gasteiger partial charge in [-0.2, -0.15) is 0 Å². The molecule has 5 nitrogen and oxygen atoms in total. The molecule has 0 aliphatic carbocycles. The van der Waals surface area contributed by atoms with Crippen molar-refractivity contribution in [3.63, 3.8) is 0 Å². The highest BCUT2D eigenvalue weighted by molar-refractivity contribution is 5.86. The average molecular weight is 342 g/mol. The number of rotatable bonds is 2. The van der Waals surface area contributed by atoms with Crippen LogP contribution in [0.2, 0.25) is 0 Å². The number of nitrogens with zero attached hydrogens (tertiary/aromatic N) is 3. The summed E-state index contributed by atoms with van der Waals surface area (Å²) in [6.45, 7) is 2.84. The highest BCUT2D eigenvalue weighted by Gasteiger charge is 2.37. The molecule has 1 unspecified atom stereocenters. The van der Waals surface area contributed by atoms with Gasteiger partial charge in [0.25, 0.3) is 5.56 Å². The molecular formula is C21H18N4O. The van der Waals surface area contributed by atoms with Gasteiger partial charge < -0.3 is 9.55 Å². The van der Waals surface area contributed by atoms with Crippen LogP contribution in [0.15, 0.2) is 65.7 Å². The molecule has 128 valence electrons. The maximum atomic E-state index is 12.8. The monoisotopic (exact) mass is 342 g/mol. The molecule has 1 atom stereocenters. The number of hydrogen-bond donors (Lipinski definition) is 1. The molecule has 0 saturated heterocycles. The number of nitrogens with one attached hydrogen (secondary N) is 1. The largest absolute Gasteiger partial charge is 0.322 e. The lowest BCUT2D eigenvalue weighted by Gasteiger charge is -2.22. The zero-order valence-electron chi connectivity index (χ0n) is 14.4. The summed E-state index contributed by atoms with van der Waals surface area (Å²) in [7, 11) is 0. The van der Waals surface area contributed by atoms with Gasteiger partial charge >= 0.3 is 0 Å². The van der Waals surface area contributed by atoms with Crippen LogP contribution in [-0.2, 0) is 18.4 Å². The van der Waals surface area contributed by atoms with Crippen LogP contribution in [0, 0.1) is 0 Å². The fourth-order valence-corrected chi connectivity index (χ4v) is 3.98. The van der Waals surface area contributed by atoms with Gasteiger partial charge in [-0.15, -0.1) is 10.2 Å². The molecule has 4 aromatic rings. The second-order valence-electron chi connectivity index (χ2n) is 7.29. The van der Waals surface area contributed by atoms with E-state index in [2.05, 4.69) is 46.4 Å². The van der Waals surface area contributed by atoms with Crippen LogP contribution in [0.25, 0.3) is 22.0 Å². The summed E-state index contributed by atoms with van der Waals surface area (Å²) in [5.74, 6) is 0.936. The van der Waals surface area contributed by atoms with E-state index in [1.807, 2.05) is 34.9 Å². The van der Waals surface area contributed by atoms with Gasteiger partial charge in [-0.1, -0.05) is 49.4 Å². The van der Waals surface area contributed by atoms with Gasteiger partial charge in [-0.05, 0) is 28.5 Å². The smallest absolute Gasteiger partial charge is 0.252 e. The molecule has 0 fully saturated rings. The maximum Gasteiger partial charge on any atom is 0.252 e. The summed E-state index contributed by atoms with van der Waals surface area (Å²) in [4.78, 5) is 15.9. The Bertz CT molecular complexity index is 1170. The van der Waals surface area contributed by atoms with Gasteiger partial charge in [-0.3, -0.25) is 4.79 Å². The first-order valence-electron chi connectivity index (χ1n) is 8.72. The Morgan fingerprint density at radius 1 is 1.08 bits per heavy atom. The highest BCUT2D eigenvalue weighted by atomic mass is 16.1. The molecule has 1 aliphatic heterocycles. The van der Waals surface area contributed by atoms with E-state index in [1.54, 1.807) is 6.33 Å². The second-order valence-corrected chi connectivity index (χ2v) is 7.29. The molecule has 2 aromatic carbocycles. The SMILES string of the molecule is CC1(c2ccc(-c3ccc4ccccc4c3)[nH]c2=O)Cc2nncn2C1. The van der Waals surface area contributed by atoms with E-state index in [0.29, 0.717) is 0 Å². The van der Waals surface area contributed by atoms with Gasteiger partial charge in [0.05, 0.1) is 0 Å². The maximum absolute atomic E-state index is 12.8. The minimum Gasteiger partial charge on any atom is -0.322 e. The van der Waals surface area contributed by atoms with Crippen LogP contribution in [0.5, 0.6) is 0 Å². The van der Waals surface area contributed by atoms with Gasteiger partial charge in [0.2, 0.25) is 0 Å². The Kier molecular flexibility index (Phi) is 3.13. The zero-order chi connectivity index (χ0) is 17.7. The van der Waals surface area contributed by atoms with E-state index >= 15 is 0 Å². The molecule has 0 radical (unpaired) electrons. The molecule has 0 amide bonds. The summed E-state index contributed by atoms with van der Waals surface area (Å²) >= 11 is 0. The van der Waals surface area contributed by atoms with E-state index < -0.39 is 0 Å².